The topological polar surface area (TPSA) is 76.7 Å². The molecule has 0 heterocycles. The lowest BCUT2D eigenvalue weighted by atomic mass is 10.2. The second kappa shape index (κ2) is 9.68. The molecule has 2 amide bonds. The molecule has 0 radical (unpaired) electrons. The number of hydrazine groups is 1. The van der Waals surface area contributed by atoms with Crippen molar-refractivity contribution in [1.29, 1.82) is 0 Å². The van der Waals surface area contributed by atoms with Crippen LogP contribution in [0.4, 0.5) is 0 Å². The molecule has 2 aromatic rings. The fraction of sp³-hybridized carbons (Fsp3) is 0.100. The summed E-state index contributed by atoms with van der Waals surface area (Å²) in [5, 5.41) is 0. The van der Waals surface area contributed by atoms with Gasteiger partial charge in [-0.1, -0.05) is 30.9 Å². The van der Waals surface area contributed by atoms with E-state index in [4.69, 9.17) is 9.47 Å². The van der Waals surface area contributed by atoms with Crippen molar-refractivity contribution in [1.82, 2.24) is 10.9 Å². The molecule has 0 atom stereocenters. The zero-order chi connectivity index (χ0) is 18.8. The van der Waals surface area contributed by atoms with E-state index in [-0.39, 0.29) is 0 Å². The summed E-state index contributed by atoms with van der Waals surface area (Å²) in [6.45, 7) is 3.95. The van der Waals surface area contributed by atoms with Gasteiger partial charge in [-0.2, -0.15) is 0 Å². The minimum absolute atomic E-state index is 0.389. The average molecular weight is 352 g/mol. The van der Waals surface area contributed by atoms with Crippen LogP contribution in [0.5, 0.6) is 11.5 Å². The van der Waals surface area contributed by atoms with Crippen LogP contribution in [-0.4, -0.2) is 25.5 Å². The summed E-state index contributed by atoms with van der Waals surface area (Å²) in [5.41, 5.74) is 5.82. The van der Waals surface area contributed by atoms with E-state index < -0.39 is 11.8 Å². The molecule has 0 saturated carbocycles. The second-order valence-electron chi connectivity index (χ2n) is 5.14. The standard InChI is InChI=1S/C20H20N2O4/c1-3-14-26-17-11-8-16(9-12-17)20(24)22-21-19(23)13-10-15-6-4-5-7-18(15)25-2/h3-13H,1,14H2,2H3,(H,21,23)(H,22,24). The molecular formula is C20H20N2O4. The minimum atomic E-state index is -0.463. The predicted octanol–water partition coefficient (Wildman–Crippen LogP) is 2.73. The zero-order valence-electron chi connectivity index (χ0n) is 14.4. The summed E-state index contributed by atoms with van der Waals surface area (Å²) in [4.78, 5) is 23.9. The van der Waals surface area contributed by atoms with Crippen molar-refractivity contribution in [3.63, 3.8) is 0 Å². The van der Waals surface area contributed by atoms with Crippen LogP contribution in [0, 0.1) is 0 Å². The van der Waals surface area contributed by atoms with Gasteiger partial charge in [0.2, 0.25) is 0 Å². The summed E-state index contributed by atoms with van der Waals surface area (Å²) in [6.07, 6.45) is 4.55. The number of methoxy groups -OCH3 is 1. The summed E-state index contributed by atoms with van der Waals surface area (Å²) in [6, 6.07) is 13.8. The maximum absolute atomic E-state index is 12.0. The third-order valence-corrected chi connectivity index (χ3v) is 3.34. The molecule has 6 heteroatoms. The SMILES string of the molecule is C=CCOc1ccc(C(=O)NNC(=O)C=Cc2ccccc2OC)cc1. The van der Waals surface area contributed by atoms with E-state index in [9.17, 15) is 9.59 Å². The average Bonchev–Trinajstić information content (AvgIpc) is 2.69. The smallest absolute Gasteiger partial charge is 0.269 e. The van der Waals surface area contributed by atoms with Gasteiger partial charge < -0.3 is 9.47 Å². The van der Waals surface area contributed by atoms with Crippen molar-refractivity contribution in [3.8, 4) is 11.5 Å². The van der Waals surface area contributed by atoms with Crippen LogP contribution in [-0.2, 0) is 4.79 Å². The third kappa shape index (κ3) is 5.52. The van der Waals surface area contributed by atoms with E-state index in [1.165, 1.54) is 6.08 Å². The molecule has 0 aromatic heterocycles. The van der Waals surface area contributed by atoms with Crippen LogP contribution in [0.3, 0.4) is 0 Å². The Kier molecular flexibility index (Phi) is 7.00. The van der Waals surface area contributed by atoms with Crippen LogP contribution in [0.25, 0.3) is 6.08 Å². The van der Waals surface area contributed by atoms with Crippen molar-refractivity contribution in [2.75, 3.05) is 13.7 Å². The van der Waals surface area contributed by atoms with Gasteiger partial charge in [0.1, 0.15) is 18.1 Å². The normalized spacial score (nSPS) is 10.2. The first-order valence-electron chi connectivity index (χ1n) is 7.89. The molecule has 0 bridgehead atoms. The highest BCUT2D eigenvalue weighted by Crippen LogP contribution is 2.18. The monoisotopic (exact) mass is 352 g/mol. The molecule has 0 aliphatic carbocycles. The summed E-state index contributed by atoms with van der Waals surface area (Å²) >= 11 is 0. The van der Waals surface area contributed by atoms with Crippen LogP contribution < -0.4 is 20.3 Å². The Morgan fingerprint density at radius 3 is 2.50 bits per heavy atom. The summed E-state index contributed by atoms with van der Waals surface area (Å²) in [5.74, 6) is 0.388. The number of carbonyl (C=O) groups is 2. The van der Waals surface area contributed by atoms with Gasteiger partial charge in [0.15, 0.2) is 0 Å². The first kappa shape index (κ1) is 18.8. The number of hydrogen-bond acceptors (Lipinski definition) is 4. The van der Waals surface area contributed by atoms with E-state index in [1.54, 1.807) is 49.6 Å². The number of ether oxygens (including phenoxy) is 2. The Bertz CT molecular complexity index is 798. The summed E-state index contributed by atoms with van der Waals surface area (Å²) < 4.78 is 10.5. The number of carbonyl (C=O) groups excluding carboxylic acids is 2. The van der Waals surface area contributed by atoms with E-state index in [1.807, 2.05) is 18.2 Å². The second-order valence-corrected chi connectivity index (χ2v) is 5.14. The van der Waals surface area contributed by atoms with E-state index in [0.29, 0.717) is 23.7 Å². The van der Waals surface area contributed by atoms with Gasteiger partial charge in [0, 0.05) is 17.2 Å². The highest BCUT2D eigenvalue weighted by Gasteiger charge is 2.06. The zero-order valence-corrected chi connectivity index (χ0v) is 14.4. The largest absolute Gasteiger partial charge is 0.496 e. The van der Waals surface area contributed by atoms with E-state index >= 15 is 0 Å². The van der Waals surface area contributed by atoms with Crippen LogP contribution in [0.1, 0.15) is 15.9 Å². The highest BCUT2D eigenvalue weighted by molar-refractivity contribution is 5.98. The van der Waals surface area contributed by atoms with Crippen LogP contribution >= 0.6 is 0 Å². The van der Waals surface area contributed by atoms with Gasteiger partial charge in [0.25, 0.3) is 11.8 Å². The Morgan fingerprint density at radius 1 is 1.08 bits per heavy atom. The minimum Gasteiger partial charge on any atom is -0.496 e. The Labute approximate surface area is 152 Å². The fourth-order valence-electron chi connectivity index (χ4n) is 2.06. The van der Waals surface area contributed by atoms with E-state index in [2.05, 4.69) is 17.4 Å². The molecule has 0 unspecified atom stereocenters. The highest BCUT2D eigenvalue weighted by atomic mass is 16.5. The number of benzene rings is 2. The number of nitrogens with one attached hydrogen (secondary N) is 2. The first-order chi connectivity index (χ1) is 12.6. The molecule has 26 heavy (non-hydrogen) atoms. The molecule has 2 rings (SSSR count). The Morgan fingerprint density at radius 2 is 1.81 bits per heavy atom. The van der Waals surface area contributed by atoms with Crippen molar-refractivity contribution < 1.29 is 19.1 Å². The quantitative estimate of drug-likeness (QED) is 0.456. The molecule has 2 aromatic carbocycles. The third-order valence-electron chi connectivity index (χ3n) is 3.34. The Hall–Kier alpha value is -3.54. The van der Waals surface area contributed by atoms with Gasteiger partial charge in [0.05, 0.1) is 7.11 Å². The number of rotatable bonds is 7. The van der Waals surface area contributed by atoms with E-state index in [0.717, 1.165) is 5.56 Å². The molecular weight excluding hydrogens is 332 g/mol. The molecule has 0 aliphatic rings. The van der Waals surface area contributed by atoms with Crippen LogP contribution in [0.15, 0.2) is 67.3 Å². The van der Waals surface area contributed by atoms with Crippen molar-refractivity contribution in [2.45, 2.75) is 0 Å². The molecule has 0 fully saturated rings. The lowest BCUT2D eigenvalue weighted by Crippen LogP contribution is -2.40. The summed E-state index contributed by atoms with van der Waals surface area (Å²) in [7, 11) is 1.56. The van der Waals surface area contributed by atoms with Gasteiger partial charge >= 0.3 is 0 Å². The molecule has 6 nitrogen and oxygen atoms in total. The van der Waals surface area contributed by atoms with Crippen molar-refractivity contribution >= 4 is 17.9 Å². The molecule has 0 saturated heterocycles. The number of hydrogen-bond donors (Lipinski definition) is 2. The fourth-order valence-corrected chi connectivity index (χ4v) is 2.06. The van der Waals surface area contributed by atoms with Gasteiger partial charge in [-0.25, -0.2) is 0 Å². The number of para-hydroxylation sites is 1. The predicted molar refractivity (Wildman–Crippen MR) is 99.8 cm³/mol. The molecule has 0 aliphatic heterocycles. The maximum atomic E-state index is 12.0. The number of amides is 2. The lowest BCUT2D eigenvalue weighted by molar-refractivity contribution is -0.117. The molecule has 134 valence electrons. The first-order valence-corrected chi connectivity index (χ1v) is 7.89. The van der Waals surface area contributed by atoms with Crippen molar-refractivity contribution in [2.24, 2.45) is 0 Å². The maximum Gasteiger partial charge on any atom is 0.269 e. The van der Waals surface area contributed by atoms with Crippen molar-refractivity contribution in [3.05, 3.63) is 78.4 Å². The van der Waals surface area contributed by atoms with Gasteiger partial charge in [-0.3, -0.25) is 20.4 Å². The molecule has 0 spiro atoms. The van der Waals surface area contributed by atoms with Gasteiger partial charge in [-0.05, 0) is 36.4 Å². The van der Waals surface area contributed by atoms with Gasteiger partial charge in [-0.15, -0.1) is 0 Å². The lowest BCUT2D eigenvalue weighted by Gasteiger charge is -2.07. The molecule has 2 N–H and O–H groups in total. The Balaban J connectivity index is 1.87. The van der Waals surface area contributed by atoms with Crippen LogP contribution in [0.2, 0.25) is 0 Å².